The van der Waals surface area contributed by atoms with Crippen molar-refractivity contribution in [3.63, 3.8) is 0 Å². The average molecular weight is 357 g/mol. The van der Waals surface area contributed by atoms with Gasteiger partial charge in [0, 0.05) is 19.6 Å². The van der Waals surface area contributed by atoms with E-state index >= 15 is 0 Å². The summed E-state index contributed by atoms with van der Waals surface area (Å²) in [5.74, 6) is 0.390. The first-order valence-corrected chi connectivity index (χ1v) is 7.73. The normalized spacial score (nSPS) is 20.0. The molecule has 2 aliphatic heterocycles. The van der Waals surface area contributed by atoms with Crippen LogP contribution in [0.1, 0.15) is 18.0 Å². The lowest BCUT2D eigenvalue weighted by Crippen LogP contribution is -2.36. The fourth-order valence-electron chi connectivity index (χ4n) is 2.78. The Bertz CT molecular complexity index is 544. The van der Waals surface area contributed by atoms with Crippen LogP contribution in [0.5, 0.6) is 11.5 Å². The second kappa shape index (κ2) is 6.21. The van der Waals surface area contributed by atoms with Gasteiger partial charge in [0.25, 0.3) is 0 Å². The summed E-state index contributed by atoms with van der Waals surface area (Å²) < 4.78 is 11.5. The van der Waals surface area contributed by atoms with Crippen molar-refractivity contribution >= 4 is 21.9 Å². The van der Waals surface area contributed by atoms with Crippen molar-refractivity contribution in [1.29, 1.82) is 0 Å². The number of carboxylic acids is 1. The van der Waals surface area contributed by atoms with E-state index in [4.69, 9.17) is 9.47 Å². The van der Waals surface area contributed by atoms with Gasteiger partial charge in [0.1, 0.15) is 6.04 Å². The molecule has 0 radical (unpaired) electrons. The maximum atomic E-state index is 11.8. The fraction of sp³-hybridized carbons (Fsp3) is 0.500. The Balaban J connectivity index is 1.93. The Kier molecular flexibility index (Phi) is 4.32. The fourth-order valence-corrected chi connectivity index (χ4v) is 3.35. The van der Waals surface area contributed by atoms with Crippen LogP contribution in [0.15, 0.2) is 16.6 Å². The first-order valence-electron chi connectivity index (χ1n) is 6.93. The number of hydrogen-bond acceptors (Lipinski definition) is 5. The largest absolute Gasteiger partial charge is 0.480 e. The van der Waals surface area contributed by atoms with Crippen LogP contribution in [0.25, 0.3) is 0 Å². The van der Waals surface area contributed by atoms with E-state index in [0.717, 1.165) is 30.5 Å². The standard InChI is InChI=1S/C14H17BrN2O4/c15-10-6-9(7-11-13(10)21-8-20-11)12(14(18)19)17-4-1-2-16-3-5-17/h6-7,12,16H,1-5,8H2,(H,18,19). The number of carbonyl (C=O) groups is 1. The van der Waals surface area contributed by atoms with Crippen LogP contribution in [-0.2, 0) is 4.79 Å². The molecule has 1 unspecified atom stereocenters. The lowest BCUT2D eigenvalue weighted by molar-refractivity contribution is -0.143. The van der Waals surface area contributed by atoms with Gasteiger partial charge in [-0.3, -0.25) is 9.69 Å². The van der Waals surface area contributed by atoms with Gasteiger partial charge in [0.2, 0.25) is 6.79 Å². The predicted molar refractivity (Wildman–Crippen MR) is 79.7 cm³/mol. The summed E-state index contributed by atoms with van der Waals surface area (Å²) in [6, 6.07) is 2.91. The molecule has 0 aliphatic carbocycles. The third-order valence-corrected chi connectivity index (χ3v) is 4.33. The minimum atomic E-state index is -0.845. The van der Waals surface area contributed by atoms with Gasteiger partial charge in [-0.25, -0.2) is 0 Å². The summed E-state index contributed by atoms with van der Waals surface area (Å²) in [5.41, 5.74) is 0.709. The predicted octanol–water partition coefficient (Wildman–Crippen LogP) is 1.60. The first-order chi connectivity index (χ1) is 10.2. The Hall–Kier alpha value is -1.31. The number of rotatable bonds is 3. The lowest BCUT2D eigenvalue weighted by atomic mass is 10.0. The van der Waals surface area contributed by atoms with Gasteiger partial charge in [-0.2, -0.15) is 0 Å². The van der Waals surface area contributed by atoms with Crippen molar-refractivity contribution in [2.45, 2.75) is 12.5 Å². The van der Waals surface area contributed by atoms with E-state index in [0.29, 0.717) is 23.6 Å². The van der Waals surface area contributed by atoms with Crippen molar-refractivity contribution in [3.8, 4) is 11.5 Å². The molecular weight excluding hydrogens is 340 g/mol. The van der Waals surface area contributed by atoms with Crippen molar-refractivity contribution < 1.29 is 19.4 Å². The van der Waals surface area contributed by atoms with Crippen molar-refractivity contribution in [1.82, 2.24) is 10.2 Å². The quantitative estimate of drug-likeness (QED) is 0.857. The third-order valence-electron chi connectivity index (χ3n) is 3.74. The molecule has 114 valence electrons. The maximum Gasteiger partial charge on any atom is 0.325 e. The molecule has 0 aromatic heterocycles. The lowest BCUT2D eigenvalue weighted by Gasteiger charge is -2.27. The van der Waals surface area contributed by atoms with Gasteiger partial charge in [-0.1, -0.05) is 0 Å². The van der Waals surface area contributed by atoms with Crippen LogP contribution < -0.4 is 14.8 Å². The smallest absolute Gasteiger partial charge is 0.325 e. The third kappa shape index (κ3) is 3.00. The number of nitrogens with one attached hydrogen (secondary N) is 1. The summed E-state index contributed by atoms with van der Waals surface area (Å²) in [5, 5.41) is 12.9. The molecule has 1 aromatic rings. The van der Waals surface area contributed by atoms with Gasteiger partial charge >= 0.3 is 5.97 Å². The zero-order chi connectivity index (χ0) is 14.8. The molecule has 2 aliphatic rings. The minimum Gasteiger partial charge on any atom is -0.480 e. The number of ether oxygens (including phenoxy) is 2. The zero-order valence-corrected chi connectivity index (χ0v) is 13.1. The molecule has 3 rings (SSSR count). The molecule has 1 atom stereocenters. The molecule has 21 heavy (non-hydrogen) atoms. The SMILES string of the molecule is O=C(O)C(c1cc(Br)c2c(c1)OCO2)N1CCCNCC1. The number of fused-ring (bicyclic) bond motifs is 1. The summed E-state index contributed by atoms with van der Waals surface area (Å²) in [7, 11) is 0. The molecule has 1 fully saturated rings. The van der Waals surface area contributed by atoms with Crippen LogP contribution in [-0.4, -0.2) is 48.9 Å². The molecule has 1 aromatic carbocycles. The number of carboxylic acid groups (broad SMARTS) is 1. The molecule has 0 bridgehead atoms. The molecule has 0 amide bonds. The number of halogens is 1. The van der Waals surface area contributed by atoms with Gasteiger partial charge < -0.3 is 19.9 Å². The second-order valence-corrected chi connectivity index (χ2v) is 5.97. The molecule has 2 N–H and O–H groups in total. The van der Waals surface area contributed by atoms with E-state index in [9.17, 15) is 9.90 Å². The first kappa shape index (κ1) is 14.6. The highest BCUT2D eigenvalue weighted by molar-refractivity contribution is 9.10. The summed E-state index contributed by atoms with van der Waals surface area (Å²) in [6.07, 6.45) is 0.940. The number of hydrogen-bond donors (Lipinski definition) is 2. The molecule has 7 heteroatoms. The maximum absolute atomic E-state index is 11.8. The van der Waals surface area contributed by atoms with Crippen LogP contribution in [0.2, 0.25) is 0 Å². The van der Waals surface area contributed by atoms with Gasteiger partial charge in [0.05, 0.1) is 4.47 Å². The highest BCUT2D eigenvalue weighted by Gasteiger charge is 2.30. The molecule has 0 saturated carbocycles. The second-order valence-electron chi connectivity index (χ2n) is 5.12. The van der Waals surface area contributed by atoms with E-state index in [2.05, 4.69) is 21.2 Å². The molecule has 0 spiro atoms. The Morgan fingerprint density at radius 3 is 3.00 bits per heavy atom. The highest BCUT2D eigenvalue weighted by Crippen LogP contribution is 2.42. The van der Waals surface area contributed by atoms with E-state index in [1.54, 1.807) is 6.07 Å². The van der Waals surface area contributed by atoms with Crippen LogP contribution in [0, 0.1) is 0 Å². The number of benzene rings is 1. The molecule has 1 saturated heterocycles. The number of aliphatic carboxylic acids is 1. The van der Waals surface area contributed by atoms with E-state index in [1.807, 2.05) is 11.0 Å². The summed E-state index contributed by atoms with van der Waals surface area (Å²) >= 11 is 3.43. The molecule has 2 heterocycles. The topological polar surface area (TPSA) is 71.0 Å². The van der Waals surface area contributed by atoms with Crippen LogP contribution >= 0.6 is 15.9 Å². The van der Waals surface area contributed by atoms with Crippen LogP contribution in [0.4, 0.5) is 0 Å². The van der Waals surface area contributed by atoms with E-state index in [-0.39, 0.29) is 6.79 Å². The van der Waals surface area contributed by atoms with Crippen molar-refractivity contribution in [2.24, 2.45) is 0 Å². The Labute approximate surface area is 131 Å². The zero-order valence-electron chi connectivity index (χ0n) is 11.5. The molecular formula is C14H17BrN2O4. The van der Waals surface area contributed by atoms with Crippen molar-refractivity contribution in [3.05, 3.63) is 22.2 Å². The molecule has 6 nitrogen and oxygen atoms in total. The summed E-state index contributed by atoms with van der Waals surface area (Å²) in [4.78, 5) is 13.8. The van der Waals surface area contributed by atoms with Gasteiger partial charge in [0.15, 0.2) is 11.5 Å². The minimum absolute atomic E-state index is 0.169. The van der Waals surface area contributed by atoms with Crippen molar-refractivity contribution in [2.75, 3.05) is 33.0 Å². The Morgan fingerprint density at radius 2 is 2.19 bits per heavy atom. The van der Waals surface area contributed by atoms with Gasteiger partial charge in [-0.15, -0.1) is 0 Å². The number of nitrogens with zero attached hydrogens (tertiary/aromatic N) is 1. The van der Waals surface area contributed by atoms with E-state index in [1.165, 1.54) is 0 Å². The summed E-state index contributed by atoms with van der Waals surface area (Å²) in [6.45, 7) is 3.37. The van der Waals surface area contributed by atoms with Crippen LogP contribution in [0.3, 0.4) is 0 Å². The average Bonchev–Trinajstić information content (AvgIpc) is 2.76. The van der Waals surface area contributed by atoms with Gasteiger partial charge in [-0.05, 0) is 46.6 Å². The van der Waals surface area contributed by atoms with E-state index < -0.39 is 12.0 Å². The Morgan fingerprint density at radius 1 is 1.33 bits per heavy atom. The highest BCUT2D eigenvalue weighted by atomic mass is 79.9. The monoisotopic (exact) mass is 356 g/mol.